The van der Waals surface area contributed by atoms with E-state index in [0.717, 1.165) is 36.1 Å². The van der Waals surface area contributed by atoms with Gasteiger partial charge in [0.15, 0.2) is 5.78 Å². The van der Waals surface area contributed by atoms with Crippen molar-refractivity contribution in [1.82, 2.24) is 0 Å². The second kappa shape index (κ2) is 5.95. The van der Waals surface area contributed by atoms with Crippen LogP contribution in [0.4, 0.5) is 10.7 Å². The topological polar surface area (TPSA) is 64.3 Å². The van der Waals surface area contributed by atoms with Crippen molar-refractivity contribution in [3.8, 4) is 0 Å². The first-order valence-electron chi connectivity index (χ1n) is 5.92. The molecule has 1 aromatic heterocycles. The zero-order valence-corrected chi connectivity index (χ0v) is 12.2. The summed E-state index contributed by atoms with van der Waals surface area (Å²) in [6, 6.07) is 0. The SMILES string of the molecule is CSc1c(NCC2CCOC2)sc(C(C)=O)c1N. The van der Waals surface area contributed by atoms with Gasteiger partial charge in [-0.3, -0.25) is 4.79 Å². The maximum atomic E-state index is 11.5. The molecule has 6 heteroatoms. The third kappa shape index (κ3) is 2.81. The summed E-state index contributed by atoms with van der Waals surface area (Å²) in [5, 5.41) is 4.42. The molecule has 0 saturated carbocycles. The van der Waals surface area contributed by atoms with Crippen molar-refractivity contribution in [2.24, 2.45) is 5.92 Å². The van der Waals surface area contributed by atoms with Crippen LogP contribution >= 0.6 is 23.1 Å². The molecule has 2 rings (SSSR count). The van der Waals surface area contributed by atoms with Gasteiger partial charge >= 0.3 is 0 Å². The number of thioether (sulfide) groups is 1. The fourth-order valence-corrected chi connectivity index (χ4v) is 3.93. The number of carbonyl (C=O) groups is 1. The van der Waals surface area contributed by atoms with Gasteiger partial charge in [0, 0.05) is 26.0 Å². The average molecular weight is 286 g/mol. The minimum absolute atomic E-state index is 0.0325. The molecule has 0 amide bonds. The lowest BCUT2D eigenvalue weighted by Gasteiger charge is -2.10. The lowest BCUT2D eigenvalue weighted by molar-refractivity contribution is 0.102. The number of rotatable bonds is 5. The number of anilines is 2. The Balaban J connectivity index is 2.10. The van der Waals surface area contributed by atoms with E-state index in [1.165, 1.54) is 11.3 Å². The van der Waals surface area contributed by atoms with Crippen molar-refractivity contribution in [2.45, 2.75) is 18.2 Å². The first-order valence-corrected chi connectivity index (χ1v) is 7.96. The average Bonchev–Trinajstić information content (AvgIpc) is 2.93. The summed E-state index contributed by atoms with van der Waals surface area (Å²) >= 11 is 3.04. The molecule has 1 aromatic rings. The Morgan fingerprint density at radius 2 is 2.44 bits per heavy atom. The molecule has 1 aliphatic heterocycles. The number of nitrogens with two attached hydrogens (primary N) is 1. The van der Waals surface area contributed by atoms with Crippen molar-refractivity contribution in [3.05, 3.63) is 4.88 Å². The van der Waals surface area contributed by atoms with Gasteiger partial charge in [0.25, 0.3) is 0 Å². The van der Waals surface area contributed by atoms with Crippen molar-refractivity contribution in [3.63, 3.8) is 0 Å². The van der Waals surface area contributed by atoms with Crippen LogP contribution < -0.4 is 11.1 Å². The molecule has 18 heavy (non-hydrogen) atoms. The number of ketones is 1. The Hall–Kier alpha value is -0.720. The van der Waals surface area contributed by atoms with Gasteiger partial charge in [-0.25, -0.2) is 0 Å². The van der Waals surface area contributed by atoms with Crippen LogP contribution in [0.25, 0.3) is 0 Å². The summed E-state index contributed by atoms with van der Waals surface area (Å²) in [7, 11) is 0. The number of hydrogen-bond donors (Lipinski definition) is 2. The molecule has 4 nitrogen and oxygen atoms in total. The number of carbonyl (C=O) groups excluding carboxylic acids is 1. The third-order valence-electron chi connectivity index (χ3n) is 3.00. The lowest BCUT2D eigenvalue weighted by atomic mass is 10.1. The molecule has 2 heterocycles. The lowest BCUT2D eigenvalue weighted by Crippen LogP contribution is -2.13. The molecule has 0 aliphatic carbocycles. The van der Waals surface area contributed by atoms with Gasteiger partial charge in [0.1, 0.15) is 5.00 Å². The quantitative estimate of drug-likeness (QED) is 0.643. The molecular formula is C12H18N2O2S2. The normalized spacial score (nSPS) is 19.1. The van der Waals surface area contributed by atoms with Crippen LogP contribution in [-0.4, -0.2) is 31.8 Å². The predicted octanol–water partition coefficient (Wildman–Crippen LogP) is 2.70. The monoisotopic (exact) mass is 286 g/mol. The van der Waals surface area contributed by atoms with E-state index in [0.29, 0.717) is 16.5 Å². The van der Waals surface area contributed by atoms with Crippen molar-refractivity contribution in [1.29, 1.82) is 0 Å². The van der Waals surface area contributed by atoms with Gasteiger partial charge in [-0.1, -0.05) is 0 Å². The number of nitrogens with one attached hydrogen (secondary N) is 1. The molecule has 100 valence electrons. The summed E-state index contributed by atoms with van der Waals surface area (Å²) in [6.07, 6.45) is 3.08. The number of hydrogen-bond acceptors (Lipinski definition) is 6. The summed E-state index contributed by atoms with van der Waals surface area (Å²) in [5.74, 6) is 0.592. The van der Waals surface area contributed by atoms with Crippen molar-refractivity contribution >= 4 is 39.6 Å². The van der Waals surface area contributed by atoms with Gasteiger partial charge in [-0.2, -0.15) is 0 Å². The second-order valence-corrected chi connectivity index (χ2v) is 6.21. The zero-order valence-electron chi connectivity index (χ0n) is 10.6. The molecule has 1 unspecified atom stereocenters. The minimum atomic E-state index is 0.0325. The number of ether oxygens (including phenoxy) is 1. The maximum absolute atomic E-state index is 11.5. The maximum Gasteiger partial charge on any atom is 0.171 e. The molecule has 3 N–H and O–H groups in total. The van der Waals surface area contributed by atoms with Gasteiger partial charge in [-0.15, -0.1) is 23.1 Å². The highest BCUT2D eigenvalue weighted by Gasteiger charge is 2.20. The molecule has 1 atom stereocenters. The van der Waals surface area contributed by atoms with E-state index >= 15 is 0 Å². The zero-order chi connectivity index (χ0) is 13.1. The Kier molecular flexibility index (Phi) is 4.53. The smallest absolute Gasteiger partial charge is 0.171 e. The highest BCUT2D eigenvalue weighted by molar-refractivity contribution is 7.99. The van der Waals surface area contributed by atoms with Crippen LogP contribution in [0.15, 0.2) is 4.90 Å². The standard InChI is InChI=1S/C12H18N2O2S2/c1-7(15)10-9(13)11(17-2)12(18-10)14-5-8-3-4-16-6-8/h8,14H,3-6,13H2,1-2H3. The van der Waals surface area contributed by atoms with Gasteiger partial charge in [0.2, 0.25) is 0 Å². The summed E-state index contributed by atoms with van der Waals surface area (Å²) in [4.78, 5) is 13.1. The van der Waals surface area contributed by atoms with E-state index in [-0.39, 0.29) is 5.78 Å². The molecule has 0 bridgehead atoms. The van der Waals surface area contributed by atoms with Gasteiger partial charge in [-0.05, 0) is 12.7 Å². The number of Topliss-reactive ketones (excluding diaryl/α,β-unsaturated/α-hetero) is 1. The first-order chi connectivity index (χ1) is 8.63. The Bertz CT molecular complexity index is 440. The molecular weight excluding hydrogens is 268 g/mol. The van der Waals surface area contributed by atoms with Crippen molar-refractivity contribution < 1.29 is 9.53 Å². The van der Waals surface area contributed by atoms with E-state index in [4.69, 9.17) is 10.5 Å². The van der Waals surface area contributed by atoms with E-state index in [9.17, 15) is 4.79 Å². The second-order valence-electron chi connectivity index (χ2n) is 4.37. The van der Waals surface area contributed by atoms with Crippen LogP contribution in [0.1, 0.15) is 23.0 Å². The molecule has 0 radical (unpaired) electrons. The molecule has 1 fully saturated rings. The summed E-state index contributed by atoms with van der Waals surface area (Å²) in [6.45, 7) is 4.11. The van der Waals surface area contributed by atoms with Crippen LogP contribution in [0.2, 0.25) is 0 Å². The Labute approximate surface area is 115 Å². The predicted molar refractivity (Wildman–Crippen MR) is 77.9 cm³/mol. The number of nitrogen functional groups attached to an aromatic ring is 1. The molecule has 1 saturated heterocycles. The largest absolute Gasteiger partial charge is 0.396 e. The van der Waals surface area contributed by atoms with Gasteiger partial charge in [0.05, 0.1) is 22.1 Å². The Morgan fingerprint density at radius 1 is 1.67 bits per heavy atom. The minimum Gasteiger partial charge on any atom is -0.396 e. The Morgan fingerprint density at radius 3 is 3.00 bits per heavy atom. The van der Waals surface area contributed by atoms with E-state index in [2.05, 4.69) is 5.32 Å². The van der Waals surface area contributed by atoms with E-state index in [1.807, 2.05) is 6.26 Å². The fourth-order valence-electron chi connectivity index (χ4n) is 1.99. The molecule has 0 aromatic carbocycles. The summed E-state index contributed by atoms with van der Waals surface area (Å²) in [5.41, 5.74) is 6.62. The van der Waals surface area contributed by atoms with Crippen LogP contribution in [0.5, 0.6) is 0 Å². The molecule has 1 aliphatic rings. The highest BCUT2D eigenvalue weighted by Crippen LogP contribution is 2.41. The highest BCUT2D eigenvalue weighted by atomic mass is 32.2. The van der Waals surface area contributed by atoms with Crippen LogP contribution in [0, 0.1) is 5.92 Å². The molecule has 0 spiro atoms. The fraction of sp³-hybridized carbons (Fsp3) is 0.583. The third-order valence-corrected chi connectivity index (χ3v) is 5.22. The van der Waals surface area contributed by atoms with E-state index < -0.39 is 0 Å². The van der Waals surface area contributed by atoms with Crippen molar-refractivity contribution in [2.75, 3.05) is 37.1 Å². The van der Waals surface area contributed by atoms with Crippen LogP contribution in [-0.2, 0) is 4.74 Å². The van der Waals surface area contributed by atoms with Crippen LogP contribution in [0.3, 0.4) is 0 Å². The number of thiophene rings is 1. The van der Waals surface area contributed by atoms with E-state index in [1.54, 1.807) is 18.7 Å². The summed E-state index contributed by atoms with van der Waals surface area (Å²) < 4.78 is 5.35. The van der Waals surface area contributed by atoms with Gasteiger partial charge < -0.3 is 15.8 Å². The first kappa shape index (κ1) is 13.7.